The van der Waals surface area contributed by atoms with Crippen LogP contribution in [0.15, 0.2) is 135 Å². The summed E-state index contributed by atoms with van der Waals surface area (Å²) >= 11 is 0. The number of nitrogens with zero attached hydrogens (tertiary/aromatic N) is 2. The van der Waals surface area contributed by atoms with Crippen molar-refractivity contribution < 1.29 is 0 Å². The fraction of sp³-hybridized carbons (Fsp3) is 0. The molecule has 146 valence electrons. The van der Waals surface area contributed by atoms with Gasteiger partial charge in [-0.2, -0.15) is 0 Å². The second-order valence-electron chi connectivity index (χ2n) is 6.70. The molecule has 1 heterocycles. The first-order chi connectivity index (χ1) is 14.6. The smallest absolute Gasteiger partial charge is 0.160 e. The fourth-order valence-corrected chi connectivity index (χ4v) is 2.77. The standard InChI is InChI=1S/C28H24N2/c1-5-6-13-21(2)22(3)18-19-23(4)26-20-27(24-14-9-7-10-15-24)30-28(29-26)25-16-11-8-12-17-25/h5-20H,1-4H2/b13-6-,19-18-. The van der Waals surface area contributed by atoms with Crippen LogP contribution in [-0.2, 0) is 0 Å². The van der Waals surface area contributed by atoms with Crippen LogP contribution in [0.5, 0.6) is 0 Å². The van der Waals surface area contributed by atoms with Crippen molar-refractivity contribution in [3.05, 3.63) is 140 Å². The van der Waals surface area contributed by atoms with E-state index >= 15 is 0 Å². The highest BCUT2D eigenvalue weighted by Gasteiger charge is 2.10. The van der Waals surface area contributed by atoms with Crippen LogP contribution in [0.25, 0.3) is 28.2 Å². The van der Waals surface area contributed by atoms with E-state index in [0.717, 1.165) is 39.2 Å². The van der Waals surface area contributed by atoms with Crippen LogP contribution >= 0.6 is 0 Å². The van der Waals surface area contributed by atoms with Gasteiger partial charge in [-0.25, -0.2) is 9.97 Å². The van der Waals surface area contributed by atoms with E-state index in [9.17, 15) is 0 Å². The molecule has 30 heavy (non-hydrogen) atoms. The van der Waals surface area contributed by atoms with Crippen LogP contribution in [0.2, 0.25) is 0 Å². The van der Waals surface area contributed by atoms with Crippen LogP contribution in [0.1, 0.15) is 5.69 Å². The van der Waals surface area contributed by atoms with Crippen molar-refractivity contribution in [1.29, 1.82) is 0 Å². The van der Waals surface area contributed by atoms with Gasteiger partial charge in [0.1, 0.15) is 0 Å². The van der Waals surface area contributed by atoms with Crippen molar-refractivity contribution >= 4 is 5.57 Å². The van der Waals surface area contributed by atoms with Crippen LogP contribution in [0.4, 0.5) is 0 Å². The summed E-state index contributed by atoms with van der Waals surface area (Å²) in [6.45, 7) is 15.9. The predicted molar refractivity (Wildman–Crippen MR) is 129 cm³/mol. The third kappa shape index (κ3) is 5.27. The number of benzene rings is 2. The van der Waals surface area contributed by atoms with E-state index in [1.54, 1.807) is 6.08 Å². The maximum absolute atomic E-state index is 4.79. The lowest BCUT2D eigenvalue weighted by molar-refractivity contribution is 1.16. The molecule has 0 aliphatic carbocycles. The Hall–Kier alpha value is -4.04. The molecule has 0 amide bonds. The second kappa shape index (κ2) is 9.94. The summed E-state index contributed by atoms with van der Waals surface area (Å²) in [4.78, 5) is 9.55. The van der Waals surface area contributed by atoms with Gasteiger partial charge in [-0.15, -0.1) is 0 Å². The second-order valence-corrected chi connectivity index (χ2v) is 6.70. The van der Waals surface area contributed by atoms with Gasteiger partial charge < -0.3 is 0 Å². The lowest BCUT2D eigenvalue weighted by atomic mass is 10.0. The zero-order valence-electron chi connectivity index (χ0n) is 17.0. The average molecular weight is 389 g/mol. The van der Waals surface area contributed by atoms with Gasteiger partial charge in [-0.05, 0) is 22.8 Å². The molecule has 2 nitrogen and oxygen atoms in total. The van der Waals surface area contributed by atoms with Gasteiger partial charge in [-0.1, -0.05) is 117 Å². The van der Waals surface area contributed by atoms with Crippen LogP contribution < -0.4 is 0 Å². The third-order valence-corrected chi connectivity index (χ3v) is 4.49. The first-order valence-electron chi connectivity index (χ1n) is 9.63. The molecule has 0 spiro atoms. The number of aromatic nitrogens is 2. The van der Waals surface area contributed by atoms with E-state index in [-0.39, 0.29) is 0 Å². The number of rotatable bonds is 8. The zero-order valence-corrected chi connectivity index (χ0v) is 17.0. The van der Waals surface area contributed by atoms with Gasteiger partial charge in [0.25, 0.3) is 0 Å². The van der Waals surface area contributed by atoms with Gasteiger partial charge in [0.15, 0.2) is 5.82 Å². The van der Waals surface area contributed by atoms with E-state index in [0.29, 0.717) is 5.82 Å². The number of hydrogen-bond acceptors (Lipinski definition) is 2. The lowest BCUT2D eigenvalue weighted by Crippen LogP contribution is -1.97. The van der Waals surface area contributed by atoms with Gasteiger partial charge in [0, 0.05) is 11.1 Å². The maximum atomic E-state index is 4.79. The molecule has 0 saturated carbocycles. The lowest BCUT2D eigenvalue weighted by Gasteiger charge is -2.09. The molecule has 2 heteroatoms. The Morgan fingerprint density at radius 1 is 0.700 bits per heavy atom. The summed E-state index contributed by atoms with van der Waals surface area (Å²) in [6.07, 6.45) is 9.21. The summed E-state index contributed by atoms with van der Waals surface area (Å²) in [6, 6.07) is 22.0. The number of hydrogen-bond donors (Lipinski definition) is 0. The molecule has 1 aromatic heterocycles. The Bertz CT molecular complexity index is 1080. The van der Waals surface area contributed by atoms with Crippen molar-refractivity contribution in [2.24, 2.45) is 0 Å². The molecule has 3 aromatic rings. The molecular formula is C28H24N2. The molecule has 0 unspecified atom stereocenters. The normalized spacial score (nSPS) is 10.9. The Balaban J connectivity index is 1.97. The van der Waals surface area contributed by atoms with Crippen molar-refractivity contribution in [2.75, 3.05) is 0 Å². The Morgan fingerprint density at radius 2 is 1.30 bits per heavy atom. The number of allylic oxidation sites excluding steroid dienone is 8. The summed E-state index contributed by atoms with van der Waals surface area (Å²) in [7, 11) is 0. The minimum Gasteiger partial charge on any atom is -0.228 e. The SMILES string of the molecule is C=C/C=C\C(=C)C(=C)/C=C\C(=C)c1cc(-c2ccccc2)nc(-c2ccccc2)n1. The van der Waals surface area contributed by atoms with Crippen molar-refractivity contribution in [1.82, 2.24) is 9.97 Å². The minimum atomic E-state index is 0.665. The van der Waals surface area contributed by atoms with E-state index < -0.39 is 0 Å². The molecule has 0 fully saturated rings. The van der Waals surface area contributed by atoms with Crippen LogP contribution in [-0.4, -0.2) is 9.97 Å². The molecule has 2 aromatic carbocycles. The highest BCUT2D eigenvalue weighted by molar-refractivity contribution is 5.75. The van der Waals surface area contributed by atoms with Gasteiger partial charge in [0.2, 0.25) is 0 Å². The van der Waals surface area contributed by atoms with Crippen molar-refractivity contribution in [3.63, 3.8) is 0 Å². The van der Waals surface area contributed by atoms with E-state index in [4.69, 9.17) is 9.97 Å². The molecule has 0 saturated heterocycles. The Kier molecular flexibility index (Phi) is 6.86. The molecule has 0 aliphatic rings. The van der Waals surface area contributed by atoms with Crippen molar-refractivity contribution in [2.45, 2.75) is 0 Å². The molecule has 0 bridgehead atoms. The third-order valence-electron chi connectivity index (χ3n) is 4.49. The monoisotopic (exact) mass is 388 g/mol. The first-order valence-corrected chi connectivity index (χ1v) is 9.63. The summed E-state index contributed by atoms with van der Waals surface area (Å²) in [5.41, 5.74) is 5.99. The molecule has 0 N–H and O–H groups in total. The molecule has 0 aliphatic heterocycles. The highest BCUT2D eigenvalue weighted by atomic mass is 14.9. The van der Waals surface area contributed by atoms with Gasteiger partial charge >= 0.3 is 0 Å². The average Bonchev–Trinajstić information content (AvgIpc) is 2.81. The zero-order chi connectivity index (χ0) is 21.3. The summed E-state index contributed by atoms with van der Waals surface area (Å²) < 4.78 is 0. The predicted octanol–water partition coefficient (Wildman–Crippen LogP) is 7.23. The Morgan fingerprint density at radius 3 is 1.93 bits per heavy atom. The largest absolute Gasteiger partial charge is 0.228 e. The highest BCUT2D eigenvalue weighted by Crippen LogP contribution is 2.25. The molecule has 3 rings (SSSR count). The molecular weight excluding hydrogens is 364 g/mol. The van der Waals surface area contributed by atoms with E-state index in [1.165, 1.54) is 0 Å². The van der Waals surface area contributed by atoms with Gasteiger partial charge in [-0.3, -0.25) is 0 Å². The van der Waals surface area contributed by atoms with E-state index in [1.807, 2.05) is 91.0 Å². The summed E-state index contributed by atoms with van der Waals surface area (Å²) in [5, 5.41) is 0. The van der Waals surface area contributed by atoms with Crippen LogP contribution in [0.3, 0.4) is 0 Å². The topological polar surface area (TPSA) is 25.8 Å². The van der Waals surface area contributed by atoms with Crippen LogP contribution in [0, 0.1) is 0 Å². The quantitative estimate of drug-likeness (QED) is 0.380. The maximum Gasteiger partial charge on any atom is 0.160 e. The van der Waals surface area contributed by atoms with Gasteiger partial charge in [0.05, 0.1) is 11.4 Å². The Labute approximate surface area is 178 Å². The first kappa shape index (κ1) is 20.7. The van der Waals surface area contributed by atoms with E-state index in [2.05, 4.69) is 26.3 Å². The molecule has 0 radical (unpaired) electrons. The minimum absolute atomic E-state index is 0.665. The molecule has 0 atom stereocenters. The fourth-order valence-electron chi connectivity index (χ4n) is 2.77. The van der Waals surface area contributed by atoms with Crippen molar-refractivity contribution in [3.8, 4) is 22.6 Å². The summed E-state index contributed by atoms with van der Waals surface area (Å²) in [5.74, 6) is 0.665.